The Morgan fingerprint density at radius 3 is 2.70 bits per heavy atom. The third-order valence-electron chi connectivity index (χ3n) is 3.39. The fourth-order valence-electron chi connectivity index (χ4n) is 2.38. The number of carbonyl (C=O) groups is 1. The summed E-state index contributed by atoms with van der Waals surface area (Å²) in [5, 5.41) is 0. The minimum Gasteiger partial charge on any atom is -0.493 e. The number of fused-ring (bicyclic) bond motifs is 2. The van der Waals surface area contributed by atoms with Crippen LogP contribution in [-0.4, -0.2) is 37.3 Å². The topological polar surface area (TPSA) is 51.1 Å². The standard InChI is InChI=1S/C14H13FN2O3/c1-19-12-4-10-11(5-13(12)20-2)16-6-9-3-8(15)7-17(9)14(10)18/h4-7,9H,3H2,1-2H3/t9-/m0/s1. The molecule has 0 saturated carbocycles. The molecule has 1 amide bonds. The minimum absolute atomic E-state index is 0.164. The van der Waals surface area contributed by atoms with Gasteiger partial charge < -0.3 is 14.4 Å². The van der Waals surface area contributed by atoms with Gasteiger partial charge in [0.15, 0.2) is 11.5 Å². The van der Waals surface area contributed by atoms with Crippen LogP contribution in [0.4, 0.5) is 10.1 Å². The van der Waals surface area contributed by atoms with Crippen LogP contribution in [0.25, 0.3) is 0 Å². The van der Waals surface area contributed by atoms with Crippen LogP contribution in [0.2, 0.25) is 0 Å². The van der Waals surface area contributed by atoms with Crippen LogP contribution in [-0.2, 0) is 0 Å². The molecule has 3 rings (SSSR count). The summed E-state index contributed by atoms with van der Waals surface area (Å²) >= 11 is 0. The predicted molar refractivity (Wildman–Crippen MR) is 71.5 cm³/mol. The molecular weight excluding hydrogens is 263 g/mol. The Hall–Kier alpha value is -2.37. The molecule has 104 valence electrons. The monoisotopic (exact) mass is 276 g/mol. The maximum atomic E-state index is 13.3. The highest BCUT2D eigenvalue weighted by atomic mass is 19.1. The van der Waals surface area contributed by atoms with E-state index in [4.69, 9.17) is 9.47 Å². The Labute approximate surface area is 115 Å². The molecular formula is C14H13FN2O3. The maximum Gasteiger partial charge on any atom is 0.260 e. The van der Waals surface area contributed by atoms with Crippen molar-refractivity contribution < 1.29 is 18.7 Å². The minimum atomic E-state index is -0.369. The maximum absolute atomic E-state index is 13.3. The highest BCUT2D eigenvalue weighted by molar-refractivity contribution is 6.04. The first-order valence-corrected chi connectivity index (χ1v) is 6.13. The Balaban J connectivity index is 2.12. The Morgan fingerprint density at radius 1 is 1.30 bits per heavy atom. The van der Waals surface area contributed by atoms with Crippen molar-refractivity contribution in [2.24, 2.45) is 4.99 Å². The van der Waals surface area contributed by atoms with Crippen LogP contribution in [0.5, 0.6) is 11.5 Å². The first-order chi connectivity index (χ1) is 9.63. The zero-order valence-corrected chi connectivity index (χ0v) is 11.1. The molecule has 1 aromatic rings. The molecule has 6 heteroatoms. The molecule has 2 aliphatic rings. The van der Waals surface area contributed by atoms with Gasteiger partial charge in [0.2, 0.25) is 0 Å². The number of amides is 1. The number of methoxy groups -OCH3 is 2. The zero-order valence-electron chi connectivity index (χ0n) is 11.1. The van der Waals surface area contributed by atoms with Crippen molar-refractivity contribution in [1.29, 1.82) is 0 Å². The number of nitrogens with zero attached hydrogens (tertiary/aromatic N) is 2. The first-order valence-electron chi connectivity index (χ1n) is 6.13. The molecule has 1 aromatic carbocycles. The van der Waals surface area contributed by atoms with Crippen LogP contribution in [0.15, 0.2) is 29.2 Å². The zero-order chi connectivity index (χ0) is 14.3. The van der Waals surface area contributed by atoms with Gasteiger partial charge in [-0.05, 0) is 6.07 Å². The van der Waals surface area contributed by atoms with E-state index in [1.54, 1.807) is 18.3 Å². The van der Waals surface area contributed by atoms with E-state index in [2.05, 4.69) is 4.99 Å². The van der Waals surface area contributed by atoms with Gasteiger partial charge in [-0.15, -0.1) is 0 Å². The second-order valence-corrected chi connectivity index (χ2v) is 4.56. The fourth-order valence-corrected chi connectivity index (χ4v) is 2.38. The summed E-state index contributed by atoms with van der Waals surface area (Å²) < 4.78 is 23.7. The van der Waals surface area contributed by atoms with E-state index in [1.165, 1.54) is 25.3 Å². The predicted octanol–water partition coefficient (Wildman–Crippen LogP) is 2.45. The molecule has 0 radical (unpaired) electrons. The van der Waals surface area contributed by atoms with Crippen molar-refractivity contribution in [3.8, 4) is 11.5 Å². The molecule has 0 spiro atoms. The summed E-state index contributed by atoms with van der Waals surface area (Å²) in [4.78, 5) is 18.1. The van der Waals surface area contributed by atoms with Crippen molar-refractivity contribution >= 4 is 17.8 Å². The third kappa shape index (κ3) is 1.84. The van der Waals surface area contributed by atoms with Gasteiger partial charge in [0.25, 0.3) is 5.91 Å². The van der Waals surface area contributed by atoms with Crippen LogP contribution < -0.4 is 9.47 Å². The van der Waals surface area contributed by atoms with Crippen molar-refractivity contribution in [2.45, 2.75) is 12.5 Å². The van der Waals surface area contributed by atoms with Crippen LogP contribution in [0, 0.1) is 0 Å². The molecule has 0 aromatic heterocycles. The Morgan fingerprint density at radius 2 is 2.00 bits per heavy atom. The SMILES string of the molecule is COc1cc2c(cc1OC)C(=O)N1C=C(F)C[C@H]1C=N2. The molecule has 5 nitrogen and oxygen atoms in total. The van der Waals surface area contributed by atoms with E-state index in [0.29, 0.717) is 22.7 Å². The lowest BCUT2D eigenvalue weighted by molar-refractivity contribution is 0.0817. The van der Waals surface area contributed by atoms with Gasteiger partial charge in [-0.1, -0.05) is 0 Å². The van der Waals surface area contributed by atoms with Gasteiger partial charge >= 0.3 is 0 Å². The molecule has 0 unspecified atom stereocenters. The average Bonchev–Trinajstić information content (AvgIpc) is 2.79. The second-order valence-electron chi connectivity index (χ2n) is 4.56. The van der Waals surface area contributed by atoms with Gasteiger partial charge in [-0.25, -0.2) is 4.39 Å². The summed E-state index contributed by atoms with van der Waals surface area (Å²) in [7, 11) is 3.01. The lowest BCUT2D eigenvalue weighted by Gasteiger charge is -2.18. The van der Waals surface area contributed by atoms with Crippen molar-refractivity contribution in [1.82, 2.24) is 4.90 Å². The Bertz CT molecular complexity index is 640. The van der Waals surface area contributed by atoms with E-state index in [9.17, 15) is 9.18 Å². The molecule has 1 atom stereocenters. The van der Waals surface area contributed by atoms with E-state index < -0.39 is 0 Å². The summed E-state index contributed by atoms with van der Waals surface area (Å²) in [6.45, 7) is 0. The number of benzene rings is 1. The highest BCUT2D eigenvalue weighted by Gasteiger charge is 2.33. The highest BCUT2D eigenvalue weighted by Crippen LogP contribution is 2.38. The quantitative estimate of drug-likeness (QED) is 0.833. The number of halogens is 1. The van der Waals surface area contributed by atoms with Gasteiger partial charge in [-0.2, -0.15) is 0 Å². The van der Waals surface area contributed by atoms with Crippen LogP contribution >= 0.6 is 0 Å². The first kappa shape index (κ1) is 12.7. The molecule has 0 aliphatic carbocycles. The van der Waals surface area contributed by atoms with Crippen molar-refractivity contribution in [3.05, 3.63) is 29.7 Å². The van der Waals surface area contributed by atoms with Gasteiger partial charge in [0.05, 0.1) is 31.5 Å². The summed E-state index contributed by atoms with van der Waals surface area (Å²) in [5.74, 6) is 0.326. The summed E-state index contributed by atoms with van der Waals surface area (Å²) in [6, 6.07) is 2.84. The molecule has 0 N–H and O–H groups in total. The molecule has 0 fully saturated rings. The lowest BCUT2D eigenvalue weighted by atomic mass is 10.1. The number of hydrogen-bond acceptors (Lipinski definition) is 4. The lowest BCUT2D eigenvalue weighted by Crippen LogP contribution is -2.32. The number of aliphatic imine (C=N–C) groups is 1. The largest absolute Gasteiger partial charge is 0.493 e. The van der Waals surface area contributed by atoms with Crippen LogP contribution in [0.3, 0.4) is 0 Å². The van der Waals surface area contributed by atoms with E-state index in [-0.39, 0.29) is 24.2 Å². The van der Waals surface area contributed by atoms with Gasteiger partial charge in [0, 0.05) is 24.9 Å². The van der Waals surface area contributed by atoms with Crippen LogP contribution in [0.1, 0.15) is 16.8 Å². The number of hydrogen-bond donors (Lipinski definition) is 0. The van der Waals surface area contributed by atoms with Gasteiger partial charge in [0.1, 0.15) is 5.83 Å². The number of ether oxygens (including phenoxy) is 2. The molecule has 2 aliphatic heterocycles. The molecule has 0 saturated heterocycles. The Kier molecular flexibility index (Phi) is 2.93. The average molecular weight is 276 g/mol. The molecule has 2 heterocycles. The van der Waals surface area contributed by atoms with Crippen molar-refractivity contribution in [2.75, 3.05) is 14.2 Å². The molecule has 20 heavy (non-hydrogen) atoms. The van der Waals surface area contributed by atoms with Gasteiger partial charge in [-0.3, -0.25) is 9.79 Å². The van der Waals surface area contributed by atoms with E-state index in [1.807, 2.05) is 0 Å². The number of carbonyl (C=O) groups excluding carboxylic acids is 1. The smallest absolute Gasteiger partial charge is 0.260 e. The summed E-state index contributed by atoms with van der Waals surface area (Å²) in [5.41, 5.74) is 0.864. The second kappa shape index (κ2) is 4.63. The number of rotatable bonds is 2. The van der Waals surface area contributed by atoms with E-state index >= 15 is 0 Å². The van der Waals surface area contributed by atoms with E-state index in [0.717, 1.165) is 0 Å². The summed E-state index contributed by atoms with van der Waals surface area (Å²) in [6.07, 6.45) is 2.97. The third-order valence-corrected chi connectivity index (χ3v) is 3.39. The fraction of sp³-hybridized carbons (Fsp3) is 0.286. The van der Waals surface area contributed by atoms with Crippen molar-refractivity contribution in [3.63, 3.8) is 0 Å². The normalized spacial score (nSPS) is 20.1. The molecule has 0 bridgehead atoms.